The number of carbonyl (C=O) groups is 1. The van der Waals surface area contributed by atoms with Crippen molar-refractivity contribution in [3.8, 4) is 11.6 Å². The van der Waals surface area contributed by atoms with E-state index in [0.717, 1.165) is 16.8 Å². The summed E-state index contributed by atoms with van der Waals surface area (Å²) in [6, 6.07) is 9.21. The summed E-state index contributed by atoms with van der Waals surface area (Å²) >= 11 is 12.4. The Kier molecular flexibility index (Phi) is 6.76. The van der Waals surface area contributed by atoms with Crippen molar-refractivity contribution >= 4 is 40.3 Å². The van der Waals surface area contributed by atoms with E-state index >= 15 is 0 Å². The number of carboxylic acid groups (broad SMARTS) is 1. The molecule has 0 amide bonds. The molecule has 4 rings (SSSR count). The maximum atomic E-state index is 14.3. The molecule has 0 bridgehead atoms. The minimum absolute atomic E-state index is 0.0179. The summed E-state index contributed by atoms with van der Waals surface area (Å²) in [5.74, 6) is -4.88. The molecule has 188 valence electrons. The molecule has 2 aromatic heterocycles. The van der Waals surface area contributed by atoms with Gasteiger partial charge in [0.1, 0.15) is 10.8 Å². The number of hydrogen-bond donors (Lipinski definition) is 1. The predicted molar refractivity (Wildman–Crippen MR) is 126 cm³/mol. The Morgan fingerprint density at radius 1 is 1.14 bits per heavy atom. The molecule has 1 N–H and O–H groups in total. The highest BCUT2D eigenvalue weighted by Gasteiger charge is 2.45. The van der Waals surface area contributed by atoms with Gasteiger partial charge in [-0.25, -0.2) is 14.6 Å². The number of alkyl halides is 3. The van der Waals surface area contributed by atoms with Crippen LogP contribution in [-0.4, -0.2) is 26.8 Å². The van der Waals surface area contributed by atoms with Gasteiger partial charge in [-0.15, -0.1) is 0 Å². The maximum Gasteiger partial charge on any atom is 0.419 e. The zero-order valence-electron chi connectivity index (χ0n) is 18.6. The van der Waals surface area contributed by atoms with Crippen LogP contribution in [0.25, 0.3) is 11.1 Å². The highest BCUT2D eigenvalue weighted by atomic mass is 35.5. The molecule has 0 radical (unpaired) electrons. The molecular formula is C24H17Cl2F3N2O5. The third-order valence-electron chi connectivity index (χ3n) is 5.76. The third-order valence-corrected chi connectivity index (χ3v) is 6.36. The highest BCUT2D eigenvalue weighted by molar-refractivity contribution is 6.32. The number of fused-ring (bicyclic) bond motifs is 1. The Morgan fingerprint density at radius 3 is 2.47 bits per heavy atom. The van der Waals surface area contributed by atoms with Crippen LogP contribution in [-0.2, 0) is 7.05 Å². The molecular weight excluding hydrogens is 524 g/mol. The van der Waals surface area contributed by atoms with Crippen molar-refractivity contribution in [2.75, 3.05) is 0 Å². The summed E-state index contributed by atoms with van der Waals surface area (Å²) in [6.45, 7) is 1.40. The molecule has 2 aromatic carbocycles. The molecule has 2 heterocycles. The zero-order chi connectivity index (χ0) is 26.4. The van der Waals surface area contributed by atoms with Crippen LogP contribution in [0, 0.1) is 0 Å². The van der Waals surface area contributed by atoms with E-state index in [0.29, 0.717) is 0 Å². The number of aromatic carboxylic acids is 1. The Labute approximate surface area is 211 Å². The van der Waals surface area contributed by atoms with Crippen molar-refractivity contribution in [1.29, 1.82) is 0 Å². The fraction of sp³-hybridized carbons (Fsp3) is 0.208. The summed E-state index contributed by atoms with van der Waals surface area (Å²) in [5, 5.41) is 8.96. The van der Waals surface area contributed by atoms with Crippen LogP contribution in [0.5, 0.6) is 11.6 Å². The van der Waals surface area contributed by atoms with E-state index in [2.05, 4.69) is 4.98 Å². The summed E-state index contributed by atoms with van der Waals surface area (Å²) < 4.78 is 54.5. The molecule has 2 atom stereocenters. The lowest BCUT2D eigenvalue weighted by atomic mass is 9.82. The van der Waals surface area contributed by atoms with Crippen molar-refractivity contribution in [1.82, 2.24) is 9.55 Å². The van der Waals surface area contributed by atoms with E-state index in [4.69, 9.17) is 37.5 Å². The van der Waals surface area contributed by atoms with Gasteiger partial charge in [-0.1, -0.05) is 42.3 Å². The number of aryl methyl sites for hydroxylation is 1. The number of benzene rings is 2. The van der Waals surface area contributed by atoms with Crippen molar-refractivity contribution in [3.05, 3.63) is 85.9 Å². The van der Waals surface area contributed by atoms with Gasteiger partial charge < -0.3 is 14.3 Å². The third kappa shape index (κ3) is 4.91. The van der Waals surface area contributed by atoms with E-state index in [9.17, 15) is 22.8 Å². The van der Waals surface area contributed by atoms with E-state index in [-0.39, 0.29) is 49.5 Å². The maximum absolute atomic E-state index is 14.3. The Hall–Kier alpha value is -3.50. The van der Waals surface area contributed by atoms with Crippen LogP contribution in [0.1, 0.15) is 40.2 Å². The molecule has 0 fully saturated rings. The summed E-state index contributed by atoms with van der Waals surface area (Å²) in [7, 11) is 1.41. The van der Waals surface area contributed by atoms with Gasteiger partial charge in [0, 0.05) is 18.3 Å². The lowest BCUT2D eigenvalue weighted by Crippen LogP contribution is -2.26. The average Bonchev–Trinajstić information content (AvgIpc) is 3.07. The largest absolute Gasteiger partial charge is 0.478 e. The van der Waals surface area contributed by atoms with Gasteiger partial charge in [0.25, 0.3) is 0 Å². The summed E-state index contributed by atoms with van der Waals surface area (Å²) in [4.78, 5) is 26.6. The molecule has 12 heteroatoms. The van der Waals surface area contributed by atoms with E-state index in [1.54, 1.807) is 0 Å². The van der Waals surface area contributed by atoms with Crippen LogP contribution in [0.4, 0.5) is 13.2 Å². The van der Waals surface area contributed by atoms with Crippen LogP contribution in [0.15, 0.2) is 57.9 Å². The van der Waals surface area contributed by atoms with Crippen LogP contribution < -0.4 is 10.5 Å². The molecule has 0 aliphatic carbocycles. The molecule has 2 unspecified atom stereocenters. The first-order valence-corrected chi connectivity index (χ1v) is 11.1. The zero-order valence-corrected chi connectivity index (χ0v) is 20.1. The van der Waals surface area contributed by atoms with Gasteiger partial charge in [-0.2, -0.15) is 13.2 Å². The number of oxazole rings is 1. The highest BCUT2D eigenvalue weighted by Crippen LogP contribution is 2.47. The normalized spacial score (nSPS) is 13.5. The molecule has 36 heavy (non-hydrogen) atoms. The number of nitrogens with zero attached hydrogens (tertiary/aromatic N) is 2. The first-order chi connectivity index (χ1) is 16.9. The van der Waals surface area contributed by atoms with Gasteiger partial charge in [-0.05, 0) is 47.4 Å². The number of pyridine rings is 1. The fourth-order valence-corrected chi connectivity index (χ4v) is 4.50. The lowest BCUT2D eigenvalue weighted by molar-refractivity contribution is -0.154. The second-order valence-electron chi connectivity index (χ2n) is 8.06. The van der Waals surface area contributed by atoms with Gasteiger partial charge in [0.15, 0.2) is 5.58 Å². The Bertz CT molecular complexity index is 1530. The van der Waals surface area contributed by atoms with E-state index < -0.39 is 29.7 Å². The van der Waals surface area contributed by atoms with Crippen molar-refractivity contribution in [2.24, 2.45) is 7.05 Å². The molecule has 0 aliphatic heterocycles. The molecule has 7 nitrogen and oxygen atoms in total. The summed E-state index contributed by atoms with van der Waals surface area (Å²) in [5.41, 5.74) is 0.453. The first kappa shape index (κ1) is 25.6. The van der Waals surface area contributed by atoms with Crippen LogP contribution >= 0.6 is 23.2 Å². The average molecular weight is 541 g/mol. The standard InChI is InChI=1S/C24H17Cl2F3N2O5/c1-11(20(24(27,28)29)12-3-6-19-18(8-12)31(2)23(34)36-19)15-5-4-14(9-16(15)25)35-21-17(26)7-13(10-30-21)22(32)33/h3-11,20H,1-2H3,(H,32,33). The quantitative estimate of drug-likeness (QED) is 0.290. The van der Waals surface area contributed by atoms with Gasteiger partial charge in [0.05, 0.1) is 17.0 Å². The van der Waals surface area contributed by atoms with Gasteiger partial charge in [0.2, 0.25) is 5.88 Å². The second kappa shape index (κ2) is 9.51. The van der Waals surface area contributed by atoms with Gasteiger partial charge in [-0.3, -0.25) is 4.57 Å². The number of rotatable bonds is 6. The Balaban J connectivity index is 1.66. The van der Waals surface area contributed by atoms with Crippen molar-refractivity contribution in [2.45, 2.75) is 24.9 Å². The molecule has 0 saturated heterocycles. The minimum Gasteiger partial charge on any atom is -0.478 e. The smallest absolute Gasteiger partial charge is 0.419 e. The number of hydrogen-bond acceptors (Lipinski definition) is 5. The molecule has 4 aromatic rings. The molecule has 0 aliphatic rings. The topological polar surface area (TPSA) is 94.6 Å². The number of halogens is 5. The van der Waals surface area contributed by atoms with Crippen molar-refractivity contribution < 1.29 is 32.2 Å². The monoisotopic (exact) mass is 540 g/mol. The van der Waals surface area contributed by atoms with Crippen LogP contribution in [0.2, 0.25) is 10.0 Å². The van der Waals surface area contributed by atoms with E-state index in [1.165, 1.54) is 50.4 Å². The Morgan fingerprint density at radius 2 is 1.86 bits per heavy atom. The van der Waals surface area contributed by atoms with Crippen LogP contribution in [0.3, 0.4) is 0 Å². The SMILES string of the molecule is CC(c1ccc(Oc2ncc(C(=O)O)cc2Cl)cc1Cl)C(c1ccc2oc(=O)n(C)c2c1)C(F)(F)F. The van der Waals surface area contributed by atoms with Gasteiger partial charge >= 0.3 is 17.9 Å². The second-order valence-corrected chi connectivity index (χ2v) is 8.88. The lowest BCUT2D eigenvalue weighted by Gasteiger charge is -2.28. The number of carboxylic acids is 1. The minimum atomic E-state index is -4.63. The first-order valence-electron chi connectivity index (χ1n) is 10.4. The molecule has 0 saturated carbocycles. The van der Waals surface area contributed by atoms with Crippen molar-refractivity contribution in [3.63, 3.8) is 0 Å². The fourth-order valence-electron chi connectivity index (χ4n) is 3.95. The number of aromatic nitrogens is 2. The molecule has 0 spiro atoms. The number of ether oxygens (including phenoxy) is 1. The predicted octanol–water partition coefficient (Wildman–Crippen LogP) is 6.77. The summed E-state index contributed by atoms with van der Waals surface area (Å²) in [6.07, 6.45) is -3.57. The van der Waals surface area contributed by atoms with E-state index in [1.807, 2.05) is 0 Å².